The van der Waals surface area contributed by atoms with E-state index in [1.807, 2.05) is 0 Å². The molecule has 0 aliphatic carbocycles. The van der Waals surface area contributed by atoms with Gasteiger partial charge in [0.25, 0.3) is 0 Å². The van der Waals surface area contributed by atoms with E-state index in [2.05, 4.69) is 0 Å². The van der Waals surface area contributed by atoms with E-state index in [0.717, 1.165) is 0 Å². The van der Waals surface area contributed by atoms with Crippen LogP contribution in [0, 0.1) is 0 Å². The molecular formula is C6H13NO4. The van der Waals surface area contributed by atoms with Crippen LogP contribution < -0.4 is 5.31 Å². The summed E-state index contributed by atoms with van der Waals surface area (Å²) in [4.78, 5) is 0. The number of nitrogens with one attached hydrogen (secondary N) is 1. The van der Waals surface area contributed by atoms with Gasteiger partial charge >= 0.3 is 0 Å². The van der Waals surface area contributed by atoms with Crippen LogP contribution in [0.3, 0.4) is 0 Å². The molecule has 0 amide bonds. The first-order chi connectivity index (χ1) is 5.56. The lowest BCUT2D eigenvalue weighted by molar-refractivity contribution is -0.101. The summed E-state index contributed by atoms with van der Waals surface area (Å²) in [6, 6.07) is -0.614. The third kappa shape index (κ3) is 1.52. The second-order valence-corrected chi connectivity index (χ2v) is 2.75. The highest BCUT2D eigenvalue weighted by atomic mass is 16.4. The van der Waals surface area contributed by atoms with Gasteiger partial charge in [-0.3, -0.25) is 5.31 Å². The molecule has 5 nitrogen and oxygen atoms in total. The van der Waals surface area contributed by atoms with Crippen molar-refractivity contribution in [3.8, 4) is 0 Å². The average molecular weight is 164 g/mol. The van der Waals surface area contributed by atoms with Crippen LogP contribution in [0.4, 0.5) is 0 Å². The van der Waals surface area contributed by atoms with E-state index >= 15 is 0 Å². The molecule has 0 bridgehead atoms. The number of hydrogen-bond acceptors (Lipinski definition) is 5. The van der Waals surface area contributed by atoms with Crippen molar-refractivity contribution < 1.29 is 21.8 Å². The maximum absolute atomic E-state index is 9.47. The highest BCUT2D eigenvalue weighted by Gasteiger charge is 2.43. The predicted octanol–water partition coefficient (Wildman–Crippen LogP) is -2.62. The maximum Gasteiger partial charge on any atom is 0.165 e. The molecule has 0 radical (unpaired) electrons. The fourth-order valence-corrected chi connectivity index (χ4v) is 1.16. The van der Waals surface area contributed by atoms with Gasteiger partial charge in [0.15, 0.2) is 5.72 Å². The average Bonchev–Trinajstić information content (AvgIpc) is 2.30. The first kappa shape index (κ1) is 7.45. The van der Waals surface area contributed by atoms with E-state index in [1.54, 1.807) is 0 Å². The quantitative estimate of drug-likeness (QED) is 0.308. The van der Waals surface area contributed by atoms with Crippen LogP contribution in [-0.4, -0.2) is 51.5 Å². The normalized spacial score (nSPS) is 47.8. The highest BCUT2D eigenvalue weighted by molar-refractivity contribution is 4.95. The summed E-state index contributed by atoms with van der Waals surface area (Å²) in [5.41, 5.74) is -1.92. The van der Waals surface area contributed by atoms with Gasteiger partial charge < -0.3 is 20.4 Å². The second-order valence-electron chi connectivity index (χ2n) is 2.75. The van der Waals surface area contributed by atoms with Crippen molar-refractivity contribution in [2.45, 2.75) is 24.3 Å². The third-order valence-electron chi connectivity index (χ3n) is 1.88. The Morgan fingerprint density at radius 1 is 1.64 bits per heavy atom. The molecule has 3 atom stereocenters. The van der Waals surface area contributed by atoms with E-state index in [0.29, 0.717) is 5.31 Å². The number of aliphatic hydroxyl groups excluding tert-OH is 3. The van der Waals surface area contributed by atoms with Gasteiger partial charge in [0.2, 0.25) is 0 Å². The standard InChI is InChI=1S/C6H13NO4/c8-2-4-1-5(10)6(11,3-9)7-4/h4-5,7-11H,1-3H2/t4-,5-,6+/m0/s1/i/hD. The largest absolute Gasteiger partial charge is 0.395 e. The molecule has 11 heavy (non-hydrogen) atoms. The second kappa shape index (κ2) is 3.04. The summed E-state index contributed by atoms with van der Waals surface area (Å²) in [6.45, 7) is -1.03. The van der Waals surface area contributed by atoms with Gasteiger partial charge in [0.05, 0.1) is 13.2 Å². The van der Waals surface area contributed by atoms with E-state index in [-0.39, 0.29) is 13.0 Å². The maximum atomic E-state index is 9.47. The predicted molar refractivity (Wildman–Crippen MR) is 36.7 cm³/mol. The topological polar surface area (TPSA) is 93.0 Å². The first-order valence-corrected chi connectivity index (χ1v) is 3.46. The van der Waals surface area contributed by atoms with Crippen molar-refractivity contribution >= 4 is 0 Å². The highest BCUT2D eigenvalue weighted by Crippen LogP contribution is 2.20. The zero-order valence-electron chi connectivity index (χ0n) is 7.01. The van der Waals surface area contributed by atoms with Gasteiger partial charge in [-0.1, -0.05) is 0 Å². The number of aliphatic hydroxyl groups is 4. The minimum atomic E-state index is -1.92. The van der Waals surface area contributed by atoms with E-state index in [4.69, 9.17) is 11.6 Å². The molecule has 1 aliphatic heterocycles. The molecule has 0 aromatic carbocycles. The molecular weight excluding hydrogens is 150 g/mol. The monoisotopic (exact) mass is 164 g/mol. The lowest BCUT2D eigenvalue weighted by Gasteiger charge is -2.24. The fraction of sp³-hybridized carbons (Fsp3) is 1.00. The van der Waals surface area contributed by atoms with Gasteiger partial charge in [-0.25, -0.2) is 0 Å². The van der Waals surface area contributed by atoms with Crippen LogP contribution in [-0.2, 0) is 0 Å². The lowest BCUT2D eigenvalue weighted by atomic mass is 10.1. The Bertz CT molecular complexity index is 170. The molecule has 1 heterocycles. The van der Waals surface area contributed by atoms with Crippen LogP contribution in [0.15, 0.2) is 0 Å². The SMILES string of the molecule is [2H]N1[C@H](CO)C[C@H](O)[C@]1(O)CO. The minimum absolute atomic E-state index is 0.0943. The molecule has 1 rings (SSSR count). The Balaban J connectivity index is 2.76. The molecule has 5 heteroatoms. The molecule has 0 unspecified atom stereocenters. The Morgan fingerprint density at radius 2 is 2.27 bits per heavy atom. The summed E-state index contributed by atoms with van der Waals surface area (Å²) in [7, 11) is 0. The third-order valence-corrected chi connectivity index (χ3v) is 1.88. The van der Waals surface area contributed by atoms with E-state index in [1.165, 1.54) is 0 Å². The van der Waals surface area contributed by atoms with Crippen LogP contribution in [0.1, 0.15) is 6.42 Å². The summed E-state index contributed by atoms with van der Waals surface area (Å²) in [6.07, 6.45) is -1.09. The van der Waals surface area contributed by atoms with Crippen LogP contribution in [0.5, 0.6) is 0 Å². The van der Waals surface area contributed by atoms with Gasteiger partial charge in [-0.15, -0.1) is 0 Å². The van der Waals surface area contributed by atoms with Crippen molar-refractivity contribution in [3.63, 3.8) is 0 Å². The Hall–Kier alpha value is -0.200. The Labute approximate surface area is 65.7 Å². The zero-order valence-corrected chi connectivity index (χ0v) is 6.01. The summed E-state index contributed by atoms with van der Waals surface area (Å²) >= 11 is 0. The zero-order chi connectivity index (χ0) is 9.35. The first-order valence-electron chi connectivity index (χ1n) is 3.91. The van der Waals surface area contributed by atoms with Crippen LogP contribution in [0.2, 0.25) is 1.41 Å². The molecule has 0 spiro atoms. The van der Waals surface area contributed by atoms with Gasteiger partial charge in [-0.2, -0.15) is 0 Å². The Morgan fingerprint density at radius 3 is 2.55 bits per heavy atom. The van der Waals surface area contributed by atoms with Crippen molar-refractivity contribution in [3.05, 3.63) is 0 Å². The van der Waals surface area contributed by atoms with Crippen molar-refractivity contribution in [1.29, 1.82) is 0 Å². The van der Waals surface area contributed by atoms with Crippen LogP contribution >= 0.6 is 0 Å². The molecule has 1 fully saturated rings. The summed E-state index contributed by atoms with van der Waals surface area (Å²) in [5, 5.41) is 36.8. The van der Waals surface area contributed by atoms with Crippen molar-refractivity contribution in [2.24, 2.45) is 0 Å². The summed E-state index contributed by atoms with van der Waals surface area (Å²) < 4.78 is 7.28. The van der Waals surface area contributed by atoms with Gasteiger partial charge in [0, 0.05) is 6.04 Å². The van der Waals surface area contributed by atoms with Crippen molar-refractivity contribution in [1.82, 2.24) is 5.31 Å². The van der Waals surface area contributed by atoms with E-state index < -0.39 is 24.5 Å². The minimum Gasteiger partial charge on any atom is -0.395 e. The van der Waals surface area contributed by atoms with Gasteiger partial charge in [-0.05, 0) is 6.42 Å². The molecule has 0 saturated carbocycles. The molecule has 0 aromatic rings. The fourth-order valence-electron chi connectivity index (χ4n) is 1.16. The molecule has 0 aromatic heterocycles. The number of hydrogen-bond donors (Lipinski definition) is 5. The lowest BCUT2D eigenvalue weighted by Crippen LogP contribution is -2.52. The molecule has 5 N–H and O–H groups in total. The Kier molecular flexibility index (Phi) is 2.06. The van der Waals surface area contributed by atoms with Crippen molar-refractivity contribution in [2.75, 3.05) is 13.2 Å². The molecule has 1 saturated heterocycles. The molecule has 1 aliphatic rings. The smallest absolute Gasteiger partial charge is 0.165 e. The number of rotatable bonds is 2. The van der Waals surface area contributed by atoms with E-state index in [9.17, 15) is 10.2 Å². The van der Waals surface area contributed by atoms with Gasteiger partial charge in [0.1, 0.15) is 7.52 Å². The van der Waals surface area contributed by atoms with Crippen LogP contribution in [0.25, 0.3) is 0 Å². The summed E-state index contributed by atoms with van der Waals surface area (Å²) in [5.74, 6) is 0. The molecule has 66 valence electrons.